The second-order valence-electron chi connectivity index (χ2n) is 4.25. The van der Waals surface area contributed by atoms with E-state index in [-0.39, 0.29) is 5.91 Å². The molecule has 0 spiro atoms. The number of carbonyl (C=O) groups excluding carboxylic acids is 1. The van der Waals surface area contributed by atoms with Crippen LogP contribution in [-0.2, 0) is 9.59 Å². The summed E-state index contributed by atoms with van der Waals surface area (Å²) in [6.45, 7) is 1.44. The van der Waals surface area contributed by atoms with Crippen LogP contribution in [0, 0.1) is 0 Å². The first-order valence-corrected chi connectivity index (χ1v) is 5.28. The van der Waals surface area contributed by atoms with Gasteiger partial charge in [0, 0.05) is 0 Å². The van der Waals surface area contributed by atoms with Gasteiger partial charge in [0.1, 0.15) is 6.04 Å². The van der Waals surface area contributed by atoms with E-state index in [2.05, 4.69) is 5.32 Å². The predicted octanol–water partition coefficient (Wildman–Crippen LogP) is 0.237. The Morgan fingerprint density at radius 2 is 1.87 bits per heavy atom. The highest BCUT2D eigenvalue weighted by atomic mass is 16.4. The maximum absolute atomic E-state index is 11.7. The van der Waals surface area contributed by atoms with E-state index in [0.717, 1.165) is 19.3 Å². The van der Waals surface area contributed by atoms with Crippen LogP contribution in [0.5, 0.6) is 0 Å². The average Bonchev–Trinajstić information content (AvgIpc) is 2.18. The van der Waals surface area contributed by atoms with Crippen molar-refractivity contribution in [1.82, 2.24) is 5.32 Å². The average molecular weight is 214 g/mol. The van der Waals surface area contributed by atoms with E-state index in [4.69, 9.17) is 10.8 Å². The van der Waals surface area contributed by atoms with Gasteiger partial charge in [0.05, 0.1) is 5.54 Å². The molecule has 15 heavy (non-hydrogen) atoms. The predicted molar refractivity (Wildman–Crippen MR) is 55.2 cm³/mol. The molecule has 86 valence electrons. The Balaban J connectivity index is 2.55. The van der Waals surface area contributed by atoms with Crippen LogP contribution in [0.4, 0.5) is 0 Å². The SMILES string of the molecule is CC(NC(=O)C1(N)CCCCC1)C(=O)O. The Morgan fingerprint density at radius 1 is 1.33 bits per heavy atom. The van der Waals surface area contributed by atoms with E-state index in [1.165, 1.54) is 6.92 Å². The number of nitrogens with two attached hydrogens (primary N) is 1. The van der Waals surface area contributed by atoms with Gasteiger partial charge in [0.25, 0.3) is 0 Å². The highest BCUT2D eigenvalue weighted by Crippen LogP contribution is 2.25. The molecule has 0 heterocycles. The van der Waals surface area contributed by atoms with Crippen molar-refractivity contribution in [2.45, 2.75) is 50.6 Å². The minimum Gasteiger partial charge on any atom is -0.480 e. The summed E-state index contributed by atoms with van der Waals surface area (Å²) >= 11 is 0. The van der Waals surface area contributed by atoms with E-state index in [9.17, 15) is 9.59 Å². The second kappa shape index (κ2) is 4.61. The molecule has 1 fully saturated rings. The molecule has 0 radical (unpaired) electrons. The Hall–Kier alpha value is -1.10. The van der Waals surface area contributed by atoms with Crippen molar-refractivity contribution in [3.63, 3.8) is 0 Å². The lowest BCUT2D eigenvalue weighted by Gasteiger charge is -2.32. The molecule has 0 saturated heterocycles. The zero-order valence-corrected chi connectivity index (χ0v) is 8.95. The number of hydrogen-bond donors (Lipinski definition) is 3. The molecule has 1 atom stereocenters. The normalized spacial score (nSPS) is 21.7. The highest BCUT2D eigenvalue weighted by Gasteiger charge is 2.36. The first kappa shape index (κ1) is 12.0. The number of aliphatic carboxylic acids is 1. The fraction of sp³-hybridized carbons (Fsp3) is 0.800. The van der Waals surface area contributed by atoms with Gasteiger partial charge in [-0.3, -0.25) is 9.59 Å². The van der Waals surface area contributed by atoms with Gasteiger partial charge in [-0.1, -0.05) is 19.3 Å². The minimum absolute atomic E-state index is 0.336. The van der Waals surface area contributed by atoms with E-state index >= 15 is 0 Å². The molecule has 5 nitrogen and oxygen atoms in total. The molecule has 1 rings (SSSR count). The first-order valence-electron chi connectivity index (χ1n) is 5.28. The monoisotopic (exact) mass is 214 g/mol. The number of rotatable bonds is 3. The highest BCUT2D eigenvalue weighted by molar-refractivity contribution is 5.89. The lowest BCUT2D eigenvalue weighted by molar-refractivity contribution is -0.142. The third-order valence-electron chi connectivity index (χ3n) is 2.92. The van der Waals surface area contributed by atoms with Gasteiger partial charge in [-0.15, -0.1) is 0 Å². The summed E-state index contributed by atoms with van der Waals surface area (Å²) < 4.78 is 0. The number of hydrogen-bond acceptors (Lipinski definition) is 3. The van der Waals surface area contributed by atoms with Gasteiger partial charge >= 0.3 is 5.97 Å². The molecule has 1 aliphatic carbocycles. The van der Waals surface area contributed by atoms with Crippen molar-refractivity contribution >= 4 is 11.9 Å². The van der Waals surface area contributed by atoms with Gasteiger partial charge < -0.3 is 16.2 Å². The summed E-state index contributed by atoms with van der Waals surface area (Å²) in [5.74, 6) is -1.38. The maximum atomic E-state index is 11.7. The zero-order valence-electron chi connectivity index (χ0n) is 8.95. The molecule has 4 N–H and O–H groups in total. The summed E-state index contributed by atoms with van der Waals surface area (Å²) in [5.41, 5.74) is 5.09. The quantitative estimate of drug-likeness (QED) is 0.627. The van der Waals surface area contributed by atoms with Gasteiger partial charge in [-0.25, -0.2) is 0 Å². The summed E-state index contributed by atoms with van der Waals surface area (Å²) in [5, 5.41) is 11.1. The Labute approximate surface area is 89.0 Å². The molecule has 1 saturated carbocycles. The van der Waals surface area contributed by atoms with E-state index < -0.39 is 17.6 Å². The summed E-state index contributed by atoms with van der Waals surface area (Å²) in [6, 6.07) is -0.875. The van der Waals surface area contributed by atoms with E-state index in [1.807, 2.05) is 0 Å². The van der Waals surface area contributed by atoms with Gasteiger partial charge in [0.15, 0.2) is 0 Å². The van der Waals surface area contributed by atoms with Crippen LogP contribution in [-0.4, -0.2) is 28.6 Å². The molecular weight excluding hydrogens is 196 g/mol. The first-order chi connectivity index (χ1) is 6.96. The van der Waals surface area contributed by atoms with Gasteiger partial charge in [-0.2, -0.15) is 0 Å². The molecule has 5 heteroatoms. The fourth-order valence-corrected chi connectivity index (χ4v) is 1.81. The molecule has 0 aliphatic heterocycles. The maximum Gasteiger partial charge on any atom is 0.325 e. The minimum atomic E-state index is -1.04. The van der Waals surface area contributed by atoms with Gasteiger partial charge in [0.2, 0.25) is 5.91 Å². The molecular formula is C10H18N2O3. The molecule has 1 unspecified atom stereocenters. The van der Waals surface area contributed by atoms with E-state index in [0.29, 0.717) is 12.8 Å². The number of carbonyl (C=O) groups is 2. The van der Waals surface area contributed by atoms with Crippen molar-refractivity contribution < 1.29 is 14.7 Å². The molecule has 0 bridgehead atoms. The van der Waals surface area contributed by atoms with E-state index in [1.54, 1.807) is 0 Å². The smallest absolute Gasteiger partial charge is 0.325 e. The second-order valence-corrected chi connectivity index (χ2v) is 4.25. The Kier molecular flexibility index (Phi) is 3.68. The summed E-state index contributed by atoms with van der Waals surface area (Å²) in [4.78, 5) is 22.3. The third kappa shape index (κ3) is 2.92. The summed E-state index contributed by atoms with van der Waals surface area (Å²) in [6.07, 6.45) is 4.26. The van der Waals surface area contributed by atoms with Crippen molar-refractivity contribution in [2.24, 2.45) is 5.73 Å². The number of nitrogens with one attached hydrogen (secondary N) is 1. The van der Waals surface area contributed by atoms with Gasteiger partial charge in [-0.05, 0) is 19.8 Å². The third-order valence-corrected chi connectivity index (χ3v) is 2.92. The fourth-order valence-electron chi connectivity index (χ4n) is 1.81. The zero-order chi connectivity index (χ0) is 11.5. The van der Waals surface area contributed by atoms with Crippen LogP contribution in [0.15, 0.2) is 0 Å². The molecule has 1 amide bonds. The van der Waals surface area contributed by atoms with Crippen molar-refractivity contribution in [2.75, 3.05) is 0 Å². The largest absolute Gasteiger partial charge is 0.480 e. The van der Waals surface area contributed by atoms with Crippen LogP contribution in [0.25, 0.3) is 0 Å². The topological polar surface area (TPSA) is 92.4 Å². The van der Waals surface area contributed by atoms with Crippen molar-refractivity contribution in [3.05, 3.63) is 0 Å². The lowest BCUT2D eigenvalue weighted by atomic mass is 9.82. The van der Waals surface area contributed by atoms with Crippen molar-refractivity contribution in [1.29, 1.82) is 0 Å². The molecule has 0 aromatic rings. The molecule has 0 aromatic heterocycles. The number of carboxylic acids is 1. The Morgan fingerprint density at radius 3 is 2.33 bits per heavy atom. The lowest BCUT2D eigenvalue weighted by Crippen LogP contribution is -2.57. The summed E-state index contributed by atoms with van der Waals surface area (Å²) in [7, 11) is 0. The Bertz CT molecular complexity index is 259. The van der Waals surface area contributed by atoms with Crippen LogP contribution >= 0.6 is 0 Å². The van der Waals surface area contributed by atoms with Crippen LogP contribution in [0.3, 0.4) is 0 Å². The molecule has 1 aliphatic rings. The molecule has 0 aromatic carbocycles. The standard InChI is InChI=1S/C10H18N2O3/c1-7(8(13)14)12-9(15)10(11)5-3-2-4-6-10/h7H,2-6,11H2,1H3,(H,12,15)(H,13,14). The van der Waals surface area contributed by atoms with Crippen LogP contribution < -0.4 is 11.1 Å². The van der Waals surface area contributed by atoms with Crippen LogP contribution in [0.1, 0.15) is 39.0 Å². The number of carboxylic acid groups (broad SMARTS) is 1. The number of amides is 1. The van der Waals surface area contributed by atoms with Crippen LogP contribution in [0.2, 0.25) is 0 Å². The van der Waals surface area contributed by atoms with Crippen molar-refractivity contribution in [3.8, 4) is 0 Å².